The molecule has 5 rings (SSSR count). The van der Waals surface area contributed by atoms with Crippen LogP contribution in [0.5, 0.6) is 0 Å². The van der Waals surface area contributed by atoms with Gasteiger partial charge in [0.15, 0.2) is 5.78 Å². The summed E-state index contributed by atoms with van der Waals surface area (Å²) in [6, 6.07) is 11.8. The van der Waals surface area contributed by atoms with E-state index < -0.39 is 0 Å². The first-order valence-corrected chi connectivity index (χ1v) is 8.62. The number of hydrogen-bond donors (Lipinski definition) is 1. The first kappa shape index (κ1) is 14.4. The van der Waals surface area contributed by atoms with Crippen LogP contribution in [0.2, 0.25) is 0 Å². The monoisotopic (exact) mass is 330 g/mol. The highest BCUT2D eigenvalue weighted by atomic mass is 16.1. The molecule has 2 aliphatic rings. The van der Waals surface area contributed by atoms with E-state index in [1.54, 1.807) is 6.20 Å². The molecule has 1 aromatic carbocycles. The van der Waals surface area contributed by atoms with Gasteiger partial charge in [-0.05, 0) is 36.1 Å². The third-order valence-electron chi connectivity index (χ3n) is 5.10. The quantitative estimate of drug-likeness (QED) is 0.739. The number of para-hydroxylation sites is 2. The molecule has 0 saturated heterocycles. The molecule has 0 unspecified atom stereocenters. The Balaban J connectivity index is 1.81. The van der Waals surface area contributed by atoms with Crippen LogP contribution >= 0.6 is 0 Å². The molecule has 124 valence electrons. The molecule has 0 amide bonds. The Hall–Kier alpha value is -2.95. The summed E-state index contributed by atoms with van der Waals surface area (Å²) in [6.45, 7) is 2.13. The largest absolute Gasteiger partial charge is 0.329 e. The van der Waals surface area contributed by atoms with E-state index in [2.05, 4.69) is 27.9 Å². The van der Waals surface area contributed by atoms with Crippen molar-refractivity contribution in [3.8, 4) is 0 Å². The van der Waals surface area contributed by atoms with Crippen LogP contribution in [0.15, 0.2) is 60.1 Å². The Morgan fingerprint density at radius 2 is 2.04 bits per heavy atom. The number of rotatable bonds is 1. The molecule has 5 heteroatoms. The number of Topliss-reactive ketones (excluding diaryl/α,β-unsaturated/α-hetero) is 1. The zero-order chi connectivity index (χ0) is 17.0. The van der Waals surface area contributed by atoms with E-state index in [9.17, 15) is 4.79 Å². The number of aromatic nitrogens is 3. The zero-order valence-electron chi connectivity index (χ0n) is 13.9. The molecule has 2 atom stereocenters. The summed E-state index contributed by atoms with van der Waals surface area (Å²) in [5, 5.41) is 3.44. The second kappa shape index (κ2) is 5.28. The molecule has 1 aliphatic heterocycles. The van der Waals surface area contributed by atoms with Crippen LogP contribution in [0.3, 0.4) is 0 Å². The highest BCUT2D eigenvalue weighted by Crippen LogP contribution is 2.43. The molecule has 0 fully saturated rings. The fourth-order valence-corrected chi connectivity index (χ4v) is 4.07. The molecule has 25 heavy (non-hydrogen) atoms. The first-order valence-electron chi connectivity index (χ1n) is 8.62. The van der Waals surface area contributed by atoms with Gasteiger partial charge in [0.2, 0.25) is 5.95 Å². The van der Waals surface area contributed by atoms with Gasteiger partial charge < -0.3 is 5.32 Å². The van der Waals surface area contributed by atoms with E-state index in [0.717, 1.165) is 40.2 Å². The zero-order valence-corrected chi connectivity index (χ0v) is 13.9. The van der Waals surface area contributed by atoms with E-state index in [0.29, 0.717) is 12.3 Å². The Labute approximate surface area is 145 Å². The van der Waals surface area contributed by atoms with Gasteiger partial charge >= 0.3 is 0 Å². The number of nitrogens with one attached hydrogen (secondary N) is 1. The molecule has 1 aliphatic carbocycles. The maximum absolute atomic E-state index is 12.9. The van der Waals surface area contributed by atoms with Gasteiger partial charge in [0, 0.05) is 30.1 Å². The second-order valence-corrected chi connectivity index (χ2v) is 6.94. The van der Waals surface area contributed by atoms with Gasteiger partial charge in [0.05, 0.1) is 17.1 Å². The second-order valence-electron chi connectivity index (χ2n) is 6.94. The van der Waals surface area contributed by atoms with Crippen molar-refractivity contribution in [2.24, 2.45) is 5.92 Å². The Kier molecular flexibility index (Phi) is 3.04. The average molecular weight is 330 g/mol. The van der Waals surface area contributed by atoms with Gasteiger partial charge in [-0.3, -0.25) is 14.3 Å². The van der Waals surface area contributed by atoms with E-state index in [1.807, 2.05) is 36.5 Å². The predicted molar refractivity (Wildman–Crippen MR) is 96.2 cm³/mol. The van der Waals surface area contributed by atoms with E-state index in [4.69, 9.17) is 4.98 Å². The maximum Gasteiger partial charge on any atom is 0.209 e. The third-order valence-corrected chi connectivity index (χ3v) is 5.10. The van der Waals surface area contributed by atoms with Crippen LogP contribution in [-0.4, -0.2) is 20.3 Å². The number of benzene rings is 1. The van der Waals surface area contributed by atoms with Gasteiger partial charge in [-0.2, -0.15) is 0 Å². The number of hydrogen-bond acceptors (Lipinski definition) is 4. The summed E-state index contributed by atoms with van der Waals surface area (Å²) in [5.74, 6) is 1.37. The van der Waals surface area contributed by atoms with Crippen LogP contribution in [-0.2, 0) is 4.79 Å². The highest BCUT2D eigenvalue weighted by Gasteiger charge is 2.38. The summed E-state index contributed by atoms with van der Waals surface area (Å²) >= 11 is 0. The van der Waals surface area contributed by atoms with Crippen LogP contribution in [0, 0.1) is 5.92 Å². The minimum atomic E-state index is -0.174. The minimum Gasteiger partial charge on any atom is -0.329 e. The van der Waals surface area contributed by atoms with Crippen molar-refractivity contribution in [3.05, 3.63) is 65.6 Å². The standard InChI is InChI=1S/C20H18N4O/c1-12-9-15-18(17(25)10-12)19(13-5-4-8-21-11-13)24-16-7-3-2-6-14(16)22-20(24)23-15/h2-8,11-12,19H,9-10H2,1H3,(H,22,23)/t12-,19+/m0/s1. The molecule has 0 radical (unpaired) electrons. The number of ketones is 1. The van der Waals surface area contributed by atoms with Crippen LogP contribution in [0.4, 0.5) is 5.95 Å². The average Bonchev–Trinajstić information content (AvgIpc) is 2.98. The molecule has 1 N–H and O–H groups in total. The molecule has 5 nitrogen and oxygen atoms in total. The van der Waals surface area contributed by atoms with E-state index in [-0.39, 0.29) is 11.8 Å². The Morgan fingerprint density at radius 3 is 2.88 bits per heavy atom. The maximum atomic E-state index is 12.9. The third kappa shape index (κ3) is 2.12. The first-order chi connectivity index (χ1) is 12.2. The van der Waals surface area contributed by atoms with E-state index >= 15 is 0 Å². The van der Waals surface area contributed by atoms with Gasteiger partial charge in [-0.15, -0.1) is 0 Å². The fourth-order valence-electron chi connectivity index (χ4n) is 4.07. The summed E-state index contributed by atoms with van der Waals surface area (Å²) in [6.07, 6.45) is 5.09. The van der Waals surface area contributed by atoms with Gasteiger partial charge in [-0.1, -0.05) is 25.1 Å². The number of carbonyl (C=O) groups excluding carboxylic acids is 1. The highest BCUT2D eigenvalue weighted by molar-refractivity contribution is 6.00. The minimum absolute atomic E-state index is 0.174. The van der Waals surface area contributed by atoms with Gasteiger partial charge in [0.25, 0.3) is 0 Å². The van der Waals surface area contributed by atoms with Crippen LogP contribution < -0.4 is 5.32 Å². The number of nitrogens with zero attached hydrogens (tertiary/aromatic N) is 3. The SMILES string of the molecule is C[C@@H]1CC(=O)C2=C(C1)Nc1nc3ccccc3n1[C@@H]2c1cccnc1. The number of pyridine rings is 1. The summed E-state index contributed by atoms with van der Waals surface area (Å²) < 4.78 is 2.14. The van der Waals surface area contributed by atoms with Crippen molar-refractivity contribution in [1.82, 2.24) is 14.5 Å². The molecule has 0 spiro atoms. The molecule has 0 bridgehead atoms. The summed E-state index contributed by atoms with van der Waals surface area (Å²) in [4.78, 5) is 22.0. The normalized spacial score (nSPS) is 22.5. The van der Waals surface area contributed by atoms with Gasteiger partial charge in [0.1, 0.15) is 0 Å². The van der Waals surface area contributed by atoms with Crippen molar-refractivity contribution >= 4 is 22.8 Å². The van der Waals surface area contributed by atoms with E-state index in [1.165, 1.54) is 0 Å². The smallest absolute Gasteiger partial charge is 0.209 e. The van der Waals surface area contributed by atoms with Crippen molar-refractivity contribution in [1.29, 1.82) is 0 Å². The number of allylic oxidation sites excluding steroid dienone is 2. The lowest BCUT2D eigenvalue weighted by Crippen LogP contribution is -2.33. The lowest BCUT2D eigenvalue weighted by Gasteiger charge is -2.35. The Bertz CT molecular complexity index is 1020. The summed E-state index contributed by atoms with van der Waals surface area (Å²) in [7, 11) is 0. The van der Waals surface area contributed by atoms with Crippen LogP contribution in [0.1, 0.15) is 31.4 Å². The van der Waals surface area contributed by atoms with Crippen molar-refractivity contribution in [2.75, 3.05) is 5.32 Å². The lowest BCUT2D eigenvalue weighted by molar-refractivity contribution is -0.117. The van der Waals surface area contributed by atoms with Crippen molar-refractivity contribution in [3.63, 3.8) is 0 Å². The summed E-state index contributed by atoms with van der Waals surface area (Å²) in [5.41, 5.74) is 4.85. The Morgan fingerprint density at radius 1 is 1.16 bits per heavy atom. The number of fused-ring (bicyclic) bond motifs is 3. The predicted octanol–water partition coefficient (Wildman–Crippen LogP) is 3.70. The topological polar surface area (TPSA) is 59.8 Å². The molecular weight excluding hydrogens is 312 g/mol. The number of imidazole rings is 1. The molecule has 2 aromatic heterocycles. The van der Waals surface area contributed by atoms with Crippen LogP contribution in [0.25, 0.3) is 11.0 Å². The van der Waals surface area contributed by atoms with Crippen molar-refractivity contribution in [2.45, 2.75) is 25.8 Å². The molecule has 3 heterocycles. The van der Waals surface area contributed by atoms with Gasteiger partial charge in [-0.25, -0.2) is 4.98 Å². The molecule has 3 aromatic rings. The number of carbonyl (C=O) groups is 1. The van der Waals surface area contributed by atoms with Crippen molar-refractivity contribution < 1.29 is 4.79 Å². The molecule has 0 saturated carbocycles. The number of anilines is 1. The molecular formula is C20H18N4O. The lowest BCUT2D eigenvalue weighted by atomic mass is 9.81. The fraction of sp³-hybridized carbons (Fsp3) is 0.250.